The van der Waals surface area contributed by atoms with E-state index in [-0.39, 0.29) is 0 Å². The van der Waals surface area contributed by atoms with Crippen LogP contribution in [0.1, 0.15) is 5.69 Å². The Labute approximate surface area is 102 Å². The molecular weight excluding hydrogens is 234 g/mol. The van der Waals surface area contributed by atoms with Gasteiger partial charge in [0, 0.05) is 12.4 Å². The minimum Gasteiger partial charge on any atom is -0.329 e. The van der Waals surface area contributed by atoms with Gasteiger partial charge in [-0.3, -0.25) is 4.57 Å². The normalized spacial score (nSPS) is 10.8. The lowest BCUT2D eigenvalue weighted by atomic mass is 10.4. The molecule has 5 nitrogen and oxygen atoms in total. The summed E-state index contributed by atoms with van der Waals surface area (Å²) in [5, 5.41) is 0. The Morgan fingerprint density at radius 1 is 1.24 bits per heavy atom. The highest BCUT2D eigenvalue weighted by Gasteiger charge is 2.05. The van der Waals surface area contributed by atoms with Crippen LogP contribution in [-0.4, -0.2) is 24.5 Å². The van der Waals surface area contributed by atoms with Crippen LogP contribution in [-0.2, 0) is 6.54 Å². The Morgan fingerprint density at radius 3 is 3.00 bits per heavy atom. The Kier molecular flexibility index (Phi) is 2.41. The van der Waals surface area contributed by atoms with Gasteiger partial charge in [-0.15, -0.1) is 0 Å². The van der Waals surface area contributed by atoms with Gasteiger partial charge in [0.1, 0.15) is 6.33 Å². The van der Waals surface area contributed by atoms with Crippen LogP contribution in [0.5, 0.6) is 0 Å². The summed E-state index contributed by atoms with van der Waals surface area (Å²) in [6, 6.07) is 5.70. The number of fused-ring (bicyclic) bond motifs is 1. The van der Waals surface area contributed by atoms with E-state index in [2.05, 4.69) is 19.9 Å². The second-order valence-electron chi connectivity index (χ2n) is 3.59. The zero-order valence-electron chi connectivity index (χ0n) is 8.87. The van der Waals surface area contributed by atoms with E-state index in [0.29, 0.717) is 11.3 Å². The molecule has 3 aromatic rings. The molecule has 0 aliphatic rings. The molecule has 0 spiro atoms. The first-order valence-electron chi connectivity index (χ1n) is 5.13. The van der Waals surface area contributed by atoms with Gasteiger partial charge in [-0.05, 0) is 30.4 Å². The quantitative estimate of drug-likeness (QED) is 0.699. The standard InChI is InChI=1S/C11H9N5S/c17-11-15-9-2-1-4-13-10(9)16(11)6-8-3-5-12-7-14-8/h1-5,7H,6H2,(H,15,17). The number of H-pyrrole nitrogens is 1. The van der Waals surface area contributed by atoms with Gasteiger partial charge in [0.15, 0.2) is 10.4 Å². The zero-order chi connectivity index (χ0) is 11.7. The molecule has 0 aromatic carbocycles. The maximum absolute atomic E-state index is 5.28. The van der Waals surface area contributed by atoms with Gasteiger partial charge >= 0.3 is 0 Å². The zero-order valence-corrected chi connectivity index (χ0v) is 9.68. The van der Waals surface area contributed by atoms with Gasteiger partial charge in [0.2, 0.25) is 0 Å². The number of hydrogen-bond donors (Lipinski definition) is 1. The van der Waals surface area contributed by atoms with Crippen molar-refractivity contribution < 1.29 is 0 Å². The van der Waals surface area contributed by atoms with Crippen LogP contribution in [0.15, 0.2) is 36.9 Å². The van der Waals surface area contributed by atoms with Crippen molar-refractivity contribution in [2.24, 2.45) is 0 Å². The topological polar surface area (TPSA) is 59.4 Å². The molecule has 0 amide bonds. The average Bonchev–Trinajstić information content (AvgIpc) is 2.68. The smallest absolute Gasteiger partial charge is 0.179 e. The molecule has 0 aliphatic heterocycles. The molecule has 0 atom stereocenters. The molecule has 6 heteroatoms. The molecule has 0 radical (unpaired) electrons. The summed E-state index contributed by atoms with van der Waals surface area (Å²) in [7, 11) is 0. The number of imidazole rings is 1. The lowest BCUT2D eigenvalue weighted by Crippen LogP contribution is -2.02. The second-order valence-corrected chi connectivity index (χ2v) is 3.98. The lowest BCUT2D eigenvalue weighted by Gasteiger charge is -2.02. The molecule has 3 aromatic heterocycles. The molecule has 0 fully saturated rings. The fraction of sp³-hybridized carbons (Fsp3) is 0.0909. The van der Waals surface area contributed by atoms with Crippen LogP contribution < -0.4 is 0 Å². The molecule has 84 valence electrons. The van der Waals surface area contributed by atoms with Crippen molar-refractivity contribution in [1.29, 1.82) is 0 Å². The van der Waals surface area contributed by atoms with E-state index in [0.717, 1.165) is 16.9 Å². The average molecular weight is 243 g/mol. The molecule has 3 rings (SSSR count). The first-order valence-corrected chi connectivity index (χ1v) is 5.54. The highest BCUT2D eigenvalue weighted by Crippen LogP contribution is 2.11. The molecule has 17 heavy (non-hydrogen) atoms. The van der Waals surface area contributed by atoms with Gasteiger partial charge < -0.3 is 4.98 Å². The summed E-state index contributed by atoms with van der Waals surface area (Å²) in [5.74, 6) is 0. The molecule has 0 bridgehead atoms. The van der Waals surface area contributed by atoms with E-state index in [1.807, 2.05) is 22.8 Å². The summed E-state index contributed by atoms with van der Waals surface area (Å²) in [6.45, 7) is 0.596. The van der Waals surface area contributed by atoms with E-state index in [1.54, 1.807) is 12.4 Å². The number of aromatic amines is 1. The molecule has 1 N–H and O–H groups in total. The van der Waals surface area contributed by atoms with Gasteiger partial charge in [-0.1, -0.05) is 0 Å². The van der Waals surface area contributed by atoms with Crippen molar-refractivity contribution in [1.82, 2.24) is 24.5 Å². The van der Waals surface area contributed by atoms with Crippen LogP contribution in [0, 0.1) is 4.77 Å². The van der Waals surface area contributed by atoms with Gasteiger partial charge in [-0.2, -0.15) is 0 Å². The number of pyridine rings is 1. The molecular formula is C11H9N5S. The van der Waals surface area contributed by atoms with E-state index in [4.69, 9.17) is 12.2 Å². The number of nitrogens with zero attached hydrogens (tertiary/aromatic N) is 4. The van der Waals surface area contributed by atoms with E-state index in [9.17, 15) is 0 Å². The van der Waals surface area contributed by atoms with E-state index >= 15 is 0 Å². The van der Waals surface area contributed by atoms with Crippen molar-refractivity contribution >= 4 is 23.4 Å². The predicted octanol–water partition coefficient (Wildman–Crippen LogP) is 1.93. The molecule has 0 aliphatic carbocycles. The summed E-state index contributed by atoms with van der Waals surface area (Å²) < 4.78 is 2.57. The van der Waals surface area contributed by atoms with E-state index < -0.39 is 0 Å². The van der Waals surface area contributed by atoms with Crippen LogP contribution in [0.25, 0.3) is 11.2 Å². The molecule has 0 saturated heterocycles. The Bertz CT molecular complexity index is 700. The van der Waals surface area contributed by atoms with Crippen LogP contribution in [0.3, 0.4) is 0 Å². The van der Waals surface area contributed by atoms with Crippen LogP contribution in [0.2, 0.25) is 0 Å². The van der Waals surface area contributed by atoms with Crippen molar-refractivity contribution in [2.45, 2.75) is 6.54 Å². The van der Waals surface area contributed by atoms with Crippen molar-refractivity contribution in [3.8, 4) is 0 Å². The fourth-order valence-electron chi connectivity index (χ4n) is 1.71. The number of rotatable bonds is 2. The Morgan fingerprint density at radius 2 is 2.18 bits per heavy atom. The third-order valence-corrected chi connectivity index (χ3v) is 2.81. The summed E-state index contributed by atoms with van der Waals surface area (Å²) >= 11 is 5.28. The molecule has 0 unspecified atom stereocenters. The molecule has 3 heterocycles. The third-order valence-electron chi connectivity index (χ3n) is 2.49. The highest BCUT2D eigenvalue weighted by molar-refractivity contribution is 7.71. The SMILES string of the molecule is S=c1[nH]c2cccnc2n1Cc1ccncn1. The summed E-state index contributed by atoms with van der Waals surface area (Å²) in [5.41, 5.74) is 2.69. The van der Waals surface area contributed by atoms with Gasteiger partial charge in [0.25, 0.3) is 0 Å². The number of nitrogens with one attached hydrogen (secondary N) is 1. The summed E-state index contributed by atoms with van der Waals surface area (Å²) in [4.78, 5) is 15.5. The Balaban J connectivity index is 2.12. The molecule has 0 saturated carbocycles. The summed E-state index contributed by atoms with van der Waals surface area (Å²) in [6.07, 6.45) is 5.00. The maximum Gasteiger partial charge on any atom is 0.179 e. The van der Waals surface area contributed by atoms with Crippen LogP contribution in [0.4, 0.5) is 0 Å². The maximum atomic E-state index is 5.28. The number of hydrogen-bond acceptors (Lipinski definition) is 4. The van der Waals surface area contributed by atoms with Crippen molar-refractivity contribution in [3.05, 3.63) is 47.4 Å². The first kappa shape index (κ1) is 10.1. The van der Waals surface area contributed by atoms with Crippen molar-refractivity contribution in [3.63, 3.8) is 0 Å². The minimum atomic E-state index is 0.596. The van der Waals surface area contributed by atoms with Crippen molar-refractivity contribution in [2.75, 3.05) is 0 Å². The second kappa shape index (κ2) is 4.06. The third kappa shape index (κ3) is 1.83. The highest BCUT2D eigenvalue weighted by atomic mass is 32.1. The predicted molar refractivity (Wildman–Crippen MR) is 66.1 cm³/mol. The van der Waals surface area contributed by atoms with Crippen LogP contribution >= 0.6 is 12.2 Å². The number of aromatic nitrogens is 5. The fourth-order valence-corrected chi connectivity index (χ4v) is 1.97. The van der Waals surface area contributed by atoms with Gasteiger partial charge in [-0.25, -0.2) is 15.0 Å². The monoisotopic (exact) mass is 243 g/mol. The van der Waals surface area contributed by atoms with Gasteiger partial charge in [0.05, 0.1) is 17.8 Å². The minimum absolute atomic E-state index is 0.596. The lowest BCUT2D eigenvalue weighted by molar-refractivity contribution is 0.772. The first-order chi connectivity index (χ1) is 8.34. The Hall–Kier alpha value is -2.08. The largest absolute Gasteiger partial charge is 0.329 e. The van der Waals surface area contributed by atoms with E-state index in [1.165, 1.54) is 6.33 Å².